The van der Waals surface area contributed by atoms with Crippen molar-refractivity contribution in [3.05, 3.63) is 12.2 Å². The summed E-state index contributed by atoms with van der Waals surface area (Å²) in [6, 6.07) is 0. The van der Waals surface area contributed by atoms with Gasteiger partial charge in [0, 0.05) is 18.0 Å². The Labute approximate surface area is 108 Å². The third-order valence-electron chi connectivity index (χ3n) is 0.997. The minimum atomic E-state index is -1.96. The predicted molar refractivity (Wildman–Crippen MR) is 48.8 cm³/mol. The fourth-order valence-corrected chi connectivity index (χ4v) is 0.241. The molecule has 0 aromatic carbocycles. The van der Waals surface area contributed by atoms with Crippen LogP contribution in [0.5, 0.6) is 0 Å². The van der Waals surface area contributed by atoms with E-state index >= 15 is 0 Å². The fraction of sp³-hybridized carbons (Fsp3) is 0.375. The summed E-state index contributed by atoms with van der Waals surface area (Å²) in [5, 5.41) is 35.2. The zero-order valence-electron chi connectivity index (χ0n) is 8.63. The molecule has 0 saturated carbocycles. The second-order valence-corrected chi connectivity index (χ2v) is 2.50. The summed E-state index contributed by atoms with van der Waals surface area (Å²) in [5.74, 6) is -4.36. The van der Waals surface area contributed by atoms with Gasteiger partial charge in [0.1, 0.15) is 0 Å². The van der Waals surface area contributed by atoms with Gasteiger partial charge in [0.2, 0.25) is 0 Å². The zero-order chi connectivity index (χ0) is 12.6. The number of carboxylic acids is 3. The Hall–Kier alpha value is -1.12. The summed E-state index contributed by atoms with van der Waals surface area (Å²) >= 11 is 0. The maximum Gasteiger partial charge on any atom is 2.00 e. The molecule has 0 aromatic heterocycles. The van der Waals surface area contributed by atoms with Gasteiger partial charge in [-0.15, -0.1) is 0 Å². The molecule has 0 heterocycles. The van der Waals surface area contributed by atoms with Crippen molar-refractivity contribution in [1.29, 1.82) is 0 Å². The summed E-state index contributed by atoms with van der Waals surface area (Å²) in [4.78, 5) is 28.7. The van der Waals surface area contributed by atoms with Crippen LogP contribution in [0.25, 0.3) is 0 Å². The first kappa shape index (κ1) is 20.3. The maximum absolute atomic E-state index is 9.60. The largest absolute Gasteiger partial charge is 2.00 e. The van der Waals surface area contributed by atoms with Gasteiger partial charge in [0.05, 0.1) is 12.1 Å². The van der Waals surface area contributed by atoms with E-state index in [4.69, 9.17) is 10.2 Å². The van der Waals surface area contributed by atoms with Crippen LogP contribution in [-0.4, -0.2) is 57.3 Å². The molecule has 86 valence electrons. The van der Waals surface area contributed by atoms with Gasteiger partial charge in [0.15, 0.2) is 0 Å². The molecular weight excluding hydrogens is 232 g/mol. The van der Waals surface area contributed by atoms with Crippen molar-refractivity contribution >= 4 is 41.0 Å². The summed E-state index contributed by atoms with van der Waals surface area (Å²) in [6.07, 6.45) is -2.89. The van der Waals surface area contributed by atoms with Crippen molar-refractivity contribution in [3.63, 3.8) is 0 Å². The molecule has 0 amide bonds. The molecule has 1 atom stereocenters. The number of carboxylic acid groups (broad SMARTS) is 3. The molecule has 16 heavy (non-hydrogen) atoms. The van der Waals surface area contributed by atoms with Crippen molar-refractivity contribution in [2.24, 2.45) is 0 Å². The van der Waals surface area contributed by atoms with E-state index in [2.05, 4.69) is 6.58 Å². The summed E-state index contributed by atoms with van der Waals surface area (Å²) in [5.41, 5.74) is 0.176. The van der Waals surface area contributed by atoms with Gasteiger partial charge in [-0.25, -0.2) is 4.79 Å². The number of hydrogen-bond donors (Lipinski definition) is 2. The molecule has 0 fully saturated rings. The molecule has 0 saturated heterocycles. The number of aliphatic hydroxyl groups is 1. The van der Waals surface area contributed by atoms with Crippen LogP contribution in [0, 0.1) is 0 Å². The van der Waals surface area contributed by atoms with Crippen molar-refractivity contribution in [1.82, 2.24) is 0 Å². The smallest absolute Gasteiger partial charge is 0.550 e. The quantitative estimate of drug-likeness (QED) is 0.385. The number of aliphatic hydroxyl groups excluding tert-OH is 1. The Morgan fingerprint density at radius 2 is 1.62 bits per heavy atom. The first-order valence-electron chi connectivity index (χ1n) is 3.66. The van der Waals surface area contributed by atoms with Crippen molar-refractivity contribution < 1.29 is 34.8 Å². The molecule has 8 heteroatoms. The van der Waals surface area contributed by atoms with Gasteiger partial charge in [-0.1, -0.05) is 6.58 Å². The van der Waals surface area contributed by atoms with Crippen LogP contribution < -0.4 is 10.2 Å². The molecule has 0 aliphatic rings. The van der Waals surface area contributed by atoms with Gasteiger partial charge in [-0.05, 0) is 6.92 Å². The van der Waals surface area contributed by atoms with Crippen molar-refractivity contribution in [3.8, 4) is 0 Å². The molecule has 0 aromatic rings. The topological polar surface area (TPSA) is 138 Å². The molecule has 7 nitrogen and oxygen atoms in total. The number of aliphatic carboxylic acids is 3. The molecule has 0 aliphatic heterocycles. The zero-order valence-corrected chi connectivity index (χ0v) is 10.0. The van der Waals surface area contributed by atoms with Crippen LogP contribution in [0.3, 0.4) is 0 Å². The molecule has 0 bridgehead atoms. The molecule has 0 rings (SSSR count). The molecular formula is C8H10MgO7. The van der Waals surface area contributed by atoms with Gasteiger partial charge in [-0.2, -0.15) is 0 Å². The second-order valence-electron chi connectivity index (χ2n) is 2.50. The Bertz CT molecular complexity index is 262. The number of carbonyl (C=O) groups is 3. The van der Waals surface area contributed by atoms with Crippen LogP contribution in [0.2, 0.25) is 0 Å². The minimum Gasteiger partial charge on any atom is -0.550 e. The van der Waals surface area contributed by atoms with E-state index in [1.54, 1.807) is 0 Å². The average Bonchev–Trinajstić information content (AvgIpc) is 2.03. The third-order valence-corrected chi connectivity index (χ3v) is 0.997. The van der Waals surface area contributed by atoms with Crippen LogP contribution in [0.15, 0.2) is 12.2 Å². The Balaban J connectivity index is -0.000000214. The van der Waals surface area contributed by atoms with E-state index in [-0.39, 0.29) is 28.6 Å². The molecule has 2 N–H and O–H groups in total. The van der Waals surface area contributed by atoms with Crippen LogP contribution in [-0.2, 0) is 14.4 Å². The van der Waals surface area contributed by atoms with Gasteiger partial charge >= 0.3 is 29.0 Å². The monoisotopic (exact) mass is 242 g/mol. The van der Waals surface area contributed by atoms with Crippen molar-refractivity contribution in [2.75, 3.05) is 0 Å². The van der Waals surface area contributed by atoms with Crippen molar-refractivity contribution in [2.45, 2.75) is 19.4 Å². The minimum absolute atomic E-state index is 0. The fourth-order valence-electron chi connectivity index (χ4n) is 0.241. The van der Waals surface area contributed by atoms with Gasteiger partial charge < -0.3 is 30.0 Å². The number of hydrogen-bond acceptors (Lipinski definition) is 6. The number of carbonyl (C=O) groups excluding carboxylic acids is 2. The first-order valence-corrected chi connectivity index (χ1v) is 3.66. The van der Waals surface area contributed by atoms with Gasteiger partial charge in [-0.3, -0.25) is 0 Å². The van der Waals surface area contributed by atoms with E-state index in [1.165, 1.54) is 6.92 Å². The van der Waals surface area contributed by atoms with E-state index in [9.17, 15) is 24.6 Å². The molecule has 1 unspecified atom stereocenters. The Kier molecular flexibility index (Phi) is 13.2. The summed E-state index contributed by atoms with van der Waals surface area (Å²) < 4.78 is 0. The number of rotatable bonds is 4. The van der Waals surface area contributed by atoms with Crippen LogP contribution in [0.1, 0.15) is 13.3 Å². The Morgan fingerprint density at radius 3 is 1.69 bits per heavy atom. The van der Waals surface area contributed by atoms with E-state index in [0.29, 0.717) is 0 Å². The van der Waals surface area contributed by atoms with Gasteiger partial charge in [0.25, 0.3) is 0 Å². The van der Waals surface area contributed by atoms with E-state index in [1.807, 2.05) is 0 Å². The normalized spacial score (nSPS) is 9.88. The first-order chi connectivity index (χ1) is 6.68. The third kappa shape index (κ3) is 15.4. The summed E-state index contributed by atoms with van der Waals surface area (Å²) in [7, 11) is 0. The SMILES string of the molecule is C=C(C)C(=O)O.O=C([O-])CC(O)C(=O)[O-].[Mg+2]. The second kappa shape index (κ2) is 10.4. The Morgan fingerprint density at radius 1 is 1.31 bits per heavy atom. The van der Waals surface area contributed by atoms with E-state index in [0.717, 1.165) is 0 Å². The summed E-state index contributed by atoms with van der Waals surface area (Å²) in [6.45, 7) is 4.60. The molecule has 0 spiro atoms. The van der Waals surface area contributed by atoms with Crippen LogP contribution in [0.4, 0.5) is 0 Å². The van der Waals surface area contributed by atoms with Crippen LogP contribution >= 0.6 is 0 Å². The maximum atomic E-state index is 9.60. The average molecular weight is 242 g/mol. The predicted octanol–water partition coefficient (Wildman–Crippen LogP) is -3.50. The molecule has 0 radical (unpaired) electrons. The molecule has 0 aliphatic carbocycles. The van der Waals surface area contributed by atoms with E-state index < -0.39 is 30.4 Å². The standard InChI is InChI=1S/C4H6O5.C4H6O2.Mg/c5-2(4(8)9)1-3(6)7;1-3(2)4(5)6;/h2,5H,1H2,(H,6,7)(H,8,9);1H2,2H3,(H,5,6);/q;;+2/p-2.